The van der Waals surface area contributed by atoms with Gasteiger partial charge in [-0.15, -0.1) is 0 Å². The quantitative estimate of drug-likeness (QED) is 0.747. The summed E-state index contributed by atoms with van der Waals surface area (Å²) in [6, 6.07) is 1.84. The molecular weight excluding hydrogens is 362 g/mol. The highest BCUT2D eigenvalue weighted by atomic mass is 35.5. The van der Waals surface area contributed by atoms with E-state index in [2.05, 4.69) is 10.1 Å². The van der Waals surface area contributed by atoms with Crippen LogP contribution in [0.4, 0.5) is 8.78 Å². The molecule has 2 heterocycles. The predicted molar refractivity (Wildman–Crippen MR) is 94.4 cm³/mol. The Balaban J connectivity index is 1.94. The molecular formula is C18H21ClF2N4O. The van der Waals surface area contributed by atoms with Crippen LogP contribution in [0.3, 0.4) is 0 Å². The van der Waals surface area contributed by atoms with E-state index in [1.165, 1.54) is 17.9 Å². The standard InChI is InChI=1S/C18H21ClF2N4O/c1-10(2)15-11(6-12(19)7-22-15)8-25(13-4-5-13)18(26)14-9-24(3)23-16(14)17(20)21/h6-7,9-10,13,17H,4-5,8H2,1-3H3. The van der Waals surface area contributed by atoms with Crippen LogP contribution < -0.4 is 0 Å². The van der Waals surface area contributed by atoms with Gasteiger partial charge in [0, 0.05) is 37.7 Å². The topological polar surface area (TPSA) is 51.0 Å². The zero-order chi connectivity index (χ0) is 19.0. The molecule has 26 heavy (non-hydrogen) atoms. The lowest BCUT2D eigenvalue weighted by Crippen LogP contribution is -2.33. The summed E-state index contributed by atoms with van der Waals surface area (Å²) in [5.41, 5.74) is 1.18. The molecule has 0 atom stereocenters. The molecule has 0 unspecified atom stereocenters. The van der Waals surface area contributed by atoms with E-state index in [1.54, 1.807) is 17.2 Å². The fourth-order valence-corrected chi connectivity index (χ4v) is 3.24. The number of aromatic nitrogens is 3. The fourth-order valence-electron chi connectivity index (χ4n) is 3.06. The van der Waals surface area contributed by atoms with E-state index >= 15 is 0 Å². The third kappa shape index (κ3) is 3.87. The minimum absolute atomic E-state index is 0.0458. The third-order valence-electron chi connectivity index (χ3n) is 4.40. The largest absolute Gasteiger partial charge is 0.331 e. The number of carbonyl (C=O) groups is 1. The first-order chi connectivity index (χ1) is 12.3. The highest BCUT2D eigenvalue weighted by Crippen LogP contribution is 2.33. The molecule has 1 aliphatic rings. The van der Waals surface area contributed by atoms with E-state index in [4.69, 9.17) is 11.6 Å². The SMILES string of the molecule is CC(C)c1ncc(Cl)cc1CN(C(=O)c1cn(C)nc1C(F)F)C1CC1. The molecule has 0 aliphatic heterocycles. The molecule has 8 heteroatoms. The van der Waals surface area contributed by atoms with Crippen LogP contribution in [0, 0.1) is 0 Å². The number of nitrogens with zero attached hydrogens (tertiary/aromatic N) is 4. The molecule has 0 aromatic carbocycles. The summed E-state index contributed by atoms with van der Waals surface area (Å²) < 4.78 is 27.8. The molecule has 1 fully saturated rings. The molecule has 0 N–H and O–H groups in total. The number of halogens is 3. The second-order valence-electron chi connectivity index (χ2n) is 6.92. The first-order valence-electron chi connectivity index (χ1n) is 8.55. The number of aryl methyl sites for hydroxylation is 1. The highest BCUT2D eigenvalue weighted by molar-refractivity contribution is 6.30. The second-order valence-corrected chi connectivity index (χ2v) is 7.36. The Morgan fingerprint density at radius 3 is 2.65 bits per heavy atom. The molecule has 0 saturated heterocycles. The van der Waals surface area contributed by atoms with Gasteiger partial charge in [0.1, 0.15) is 5.69 Å². The Kier molecular flexibility index (Phi) is 5.27. The number of rotatable bonds is 6. The molecule has 1 saturated carbocycles. The predicted octanol–water partition coefficient (Wildman–Crippen LogP) is 4.33. The van der Waals surface area contributed by atoms with Gasteiger partial charge in [-0.1, -0.05) is 25.4 Å². The Morgan fingerprint density at radius 1 is 1.38 bits per heavy atom. The molecule has 0 spiro atoms. The molecule has 1 aliphatic carbocycles. The van der Waals surface area contributed by atoms with E-state index in [-0.39, 0.29) is 17.5 Å². The van der Waals surface area contributed by atoms with Crippen molar-refractivity contribution in [3.8, 4) is 0 Å². The van der Waals surface area contributed by atoms with Crippen LogP contribution in [0.2, 0.25) is 5.02 Å². The maximum absolute atomic E-state index is 13.3. The number of amides is 1. The lowest BCUT2D eigenvalue weighted by molar-refractivity contribution is 0.0717. The van der Waals surface area contributed by atoms with Crippen molar-refractivity contribution in [2.45, 2.75) is 51.6 Å². The van der Waals surface area contributed by atoms with Gasteiger partial charge in [0.2, 0.25) is 0 Å². The molecule has 2 aromatic heterocycles. The molecule has 2 aromatic rings. The van der Waals surface area contributed by atoms with Gasteiger partial charge in [-0.3, -0.25) is 14.5 Å². The fraction of sp³-hybridized carbons (Fsp3) is 0.500. The lowest BCUT2D eigenvalue weighted by Gasteiger charge is -2.24. The van der Waals surface area contributed by atoms with Crippen LogP contribution in [0.15, 0.2) is 18.5 Å². The van der Waals surface area contributed by atoms with Crippen LogP contribution in [0.1, 0.15) is 66.3 Å². The van der Waals surface area contributed by atoms with Crippen molar-refractivity contribution in [3.05, 3.63) is 46.0 Å². The molecule has 3 rings (SSSR count). The van der Waals surface area contributed by atoms with Crippen LogP contribution in [0.25, 0.3) is 0 Å². The van der Waals surface area contributed by atoms with Gasteiger partial charge < -0.3 is 4.90 Å². The zero-order valence-corrected chi connectivity index (χ0v) is 15.7. The zero-order valence-electron chi connectivity index (χ0n) is 14.9. The molecule has 0 bridgehead atoms. The Labute approximate surface area is 156 Å². The van der Waals surface area contributed by atoms with Gasteiger partial charge in [-0.25, -0.2) is 8.78 Å². The average molecular weight is 383 g/mol. The minimum atomic E-state index is -2.80. The summed E-state index contributed by atoms with van der Waals surface area (Å²) in [7, 11) is 1.53. The van der Waals surface area contributed by atoms with Gasteiger partial charge >= 0.3 is 0 Å². The van der Waals surface area contributed by atoms with Crippen molar-refractivity contribution in [1.29, 1.82) is 0 Å². The van der Waals surface area contributed by atoms with Crippen molar-refractivity contribution in [2.75, 3.05) is 0 Å². The lowest BCUT2D eigenvalue weighted by atomic mass is 10.0. The summed E-state index contributed by atoms with van der Waals surface area (Å²) in [5, 5.41) is 4.23. The van der Waals surface area contributed by atoms with Crippen LogP contribution in [-0.4, -0.2) is 31.6 Å². The van der Waals surface area contributed by atoms with Crippen LogP contribution >= 0.6 is 11.6 Å². The number of alkyl halides is 2. The van der Waals surface area contributed by atoms with Crippen molar-refractivity contribution < 1.29 is 13.6 Å². The maximum atomic E-state index is 13.3. The van der Waals surface area contributed by atoms with Gasteiger partial charge in [-0.2, -0.15) is 5.10 Å². The average Bonchev–Trinajstić information content (AvgIpc) is 3.32. The van der Waals surface area contributed by atoms with E-state index in [9.17, 15) is 13.6 Å². The van der Waals surface area contributed by atoms with Gasteiger partial charge in [0.25, 0.3) is 12.3 Å². The second kappa shape index (κ2) is 7.31. The van der Waals surface area contributed by atoms with E-state index in [0.29, 0.717) is 11.6 Å². The molecule has 5 nitrogen and oxygen atoms in total. The van der Waals surface area contributed by atoms with Crippen molar-refractivity contribution in [2.24, 2.45) is 7.05 Å². The first kappa shape index (κ1) is 18.8. The summed E-state index contributed by atoms with van der Waals surface area (Å²) in [6.45, 7) is 4.32. The van der Waals surface area contributed by atoms with Crippen LogP contribution in [-0.2, 0) is 13.6 Å². The maximum Gasteiger partial charge on any atom is 0.282 e. The first-order valence-corrected chi connectivity index (χ1v) is 8.92. The Hall–Kier alpha value is -2.02. The summed E-state index contributed by atoms with van der Waals surface area (Å²) in [4.78, 5) is 19.0. The third-order valence-corrected chi connectivity index (χ3v) is 4.61. The minimum Gasteiger partial charge on any atom is -0.331 e. The van der Waals surface area contributed by atoms with Crippen molar-refractivity contribution in [1.82, 2.24) is 19.7 Å². The van der Waals surface area contributed by atoms with Crippen molar-refractivity contribution in [3.63, 3.8) is 0 Å². The van der Waals surface area contributed by atoms with E-state index in [0.717, 1.165) is 24.1 Å². The van der Waals surface area contributed by atoms with E-state index in [1.807, 2.05) is 13.8 Å². The van der Waals surface area contributed by atoms with Crippen molar-refractivity contribution >= 4 is 17.5 Å². The Morgan fingerprint density at radius 2 is 2.08 bits per heavy atom. The molecule has 140 valence electrons. The van der Waals surface area contributed by atoms with Gasteiger partial charge in [-0.05, 0) is 30.4 Å². The Bertz CT molecular complexity index is 818. The smallest absolute Gasteiger partial charge is 0.282 e. The van der Waals surface area contributed by atoms with Gasteiger partial charge in [0.05, 0.1) is 10.6 Å². The summed E-state index contributed by atoms with van der Waals surface area (Å²) in [6.07, 6.45) is 1.87. The number of hydrogen-bond acceptors (Lipinski definition) is 3. The monoisotopic (exact) mass is 382 g/mol. The summed E-state index contributed by atoms with van der Waals surface area (Å²) >= 11 is 6.09. The highest BCUT2D eigenvalue weighted by Gasteiger charge is 2.36. The van der Waals surface area contributed by atoms with Crippen LogP contribution in [0.5, 0.6) is 0 Å². The number of hydrogen-bond donors (Lipinski definition) is 0. The normalized spacial score (nSPS) is 14.3. The van der Waals surface area contributed by atoms with E-state index < -0.39 is 18.0 Å². The molecule has 0 radical (unpaired) electrons. The number of carbonyl (C=O) groups excluding carboxylic acids is 1. The number of pyridine rings is 1. The molecule has 1 amide bonds. The van der Waals surface area contributed by atoms with Gasteiger partial charge in [0.15, 0.2) is 0 Å². The summed E-state index contributed by atoms with van der Waals surface area (Å²) in [5.74, 6) is -0.265.